The van der Waals surface area contributed by atoms with Crippen LogP contribution in [0.15, 0.2) is 60.2 Å². The molecule has 7 atom stereocenters. The van der Waals surface area contributed by atoms with Crippen LogP contribution in [0, 0.1) is 22.0 Å². The number of nitrogens with zero attached hydrogens (tertiary/aromatic N) is 3. The van der Waals surface area contributed by atoms with Crippen molar-refractivity contribution in [1.29, 1.82) is 0 Å². The second kappa shape index (κ2) is 6.59. The summed E-state index contributed by atoms with van der Waals surface area (Å²) in [7, 11) is 0. The van der Waals surface area contributed by atoms with E-state index in [0.717, 1.165) is 48.2 Å². The minimum absolute atomic E-state index is 0.00455. The van der Waals surface area contributed by atoms with Crippen LogP contribution in [0.5, 0.6) is 0 Å². The summed E-state index contributed by atoms with van der Waals surface area (Å²) < 4.78 is 7.36. The highest BCUT2D eigenvalue weighted by Gasteiger charge is 2.75. The van der Waals surface area contributed by atoms with Gasteiger partial charge < -0.3 is 14.1 Å². The number of anilines is 1. The first-order valence-electron chi connectivity index (χ1n) is 12.8. The Kier molecular flexibility index (Phi) is 3.80. The van der Waals surface area contributed by atoms with Crippen LogP contribution in [0.1, 0.15) is 30.4 Å². The molecule has 1 unspecified atom stereocenters. The molecule has 7 heteroatoms. The number of quaternary nitrogens is 1. The Bertz CT molecular complexity index is 1320. The van der Waals surface area contributed by atoms with E-state index >= 15 is 0 Å². The Hall–Kier alpha value is -3.03. The molecule has 5 heterocycles. The monoisotopic (exact) mass is 470 g/mol. The van der Waals surface area contributed by atoms with E-state index in [2.05, 4.69) is 35.2 Å². The van der Waals surface area contributed by atoms with Gasteiger partial charge in [0.25, 0.3) is 5.69 Å². The zero-order valence-corrected chi connectivity index (χ0v) is 19.5. The molecular formula is C28H28N3O4+. The van der Waals surface area contributed by atoms with Crippen molar-refractivity contribution in [3.05, 3.63) is 81.4 Å². The van der Waals surface area contributed by atoms with Crippen molar-refractivity contribution in [3.63, 3.8) is 0 Å². The van der Waals surface area contributed by atoms with Crippen molar-refractivity contribution in [1.82, 2.24) is 0 Å². The summed E-state index contributed by atoms with van der Waals surface area (Å²) in [4.78, 5) is 26.6. The lowest BCUT2D eigenvalue weighted by Crippen LogP contribution is -2.72. The number of hydrogen-bond donors (Lipinski definition) is 0. The van der Waals surface area contributed by atoms with Crippen LogP contribution >= 0.6 is 0 Å². The Morgan fingerprint density at radius 2 is 2.00 bits per heavy atom. The number of amides is 1. The number of carbonyl (C=O) groups is 1. The maximum Gasteiger partial charge on any atom is 0.269 e. The van der Waals surface area contributed by atoms with Gasteiger partial charge in [-0.2, -0.15) is 0 Å². The van der Waals surface area contributed by atoms with Crippen molar-refractivity contribution < 1.29 is 18.9 Å². The fourth-order valence-corrected chi connectivity index (χ4v) is 9.29. The SMILES string of the molecule is O=C1C[C@@H]2OCC=C3C[N+]4(Cc5ccc([N+](=O)[O-])cc5)CC[C@]56c7ccccc7N1[C@H]5[C@H]2[C@H]3C[C@H]64. The number of carbonyl (C=O) groups excluding carboxylic acids is 1. The van der Waals surface area contributed by atoms with Gasteiger partial charge in [-0.15, -0.1) is 0 Å². The molecule has 1 saturated carbocycles. The van der Waals surface area contributed by atoms with Crippen LogP contribution in [0.3, 0.4) is 0 Å². The van der Waals surface area contributed by atoms with Crippen LogP contribution in [0.25, 0.3) is 0 Å². The summed E-state index contributed by atoms with van der Waals surface area (Å²) >= 11 is 0. The zero-order chi connectivity index (χ0) is 23.5. The van der Waals surface area contributed by atoms with Gasteiger partial charge in [0.05, 0.1) is 42.1 Å². The highest BCUT2D eigenvalue weighted by atomic mass is 16.6. The molecule has 7 nitrogen and oxygen atoms in total. The Labute approximate surface area is 203 Å². The third kappa shape index (κ3) is 2.36. The van der Waals surface area contributed by atoms with E-state index in [1.165, 1.54) is 11.1 Å². The minimum Gasteiger partial charge on any atom is -0.373 e. The molecule has 2 aromatic rings. The molecule has 6 aliphatic rings. The number of piperidine rings is 2. The van der Waals surface area contributed by atoms with Gasteiger partial charge >= 0.3 is 0 Å². The van der Waals surface area contributed by atoms with Gasteiger partial charge in [-0.05, 0) is 35.3 Å². The molecule has 0 radical (unpaired) electrons. The number of benzene rings is 2. The minimum atomic E-state index is -0.329. The molecule has 35 heavy (non-hydrogen) atoms. The van der Waals surface area contributed by atoms with E-state index in [0.29, 0.717) is 30.9 Å². The smallest absolute Gasteiger partial charge is 0.269 e. The number of ether oxygens (including phenoxy) is 1. The van der Waals surface area contributed by atoms with Crippen molar-refractivity contribution in [2.75, 3.05) is 24.6 Å². The van der Waals surface area contributed by atoms with E-state index < -0.39 is 0 Å². The summed E-state index contributed by atoms with van der Waals surface area (Å²) in [6, 6.07) is 16.4. The van der Waals surface area contributed by atoms with Gasteiger partial charge in [0.15, 0.2) is 0 Å². The maximum atomic E-state index is 13.6. The van der Waals surface area contributed by atoms with E-state index in [4.69, 9.17) is 4.74 Å². The summed E-state index contributed by atoms with van der Waals surface area (Å²) in [5, 5.41) is 11.2. The fourth-order valence-electron chi connectivity index (χ4n) is 9.29. The Morgan fingerprint density at radius 3 is 2.83 bits per heavy atom. The molecular weight excluding hydrogens is 442 g/mol. The lowest BCUT2D eigenvalue weighted by Gasteiger charge is -2.60. The van der Waals surface area contributed by atoms with Gasteiger partial charge in [-0.1, -0.05) is 24.3 Å². The predicted octanol–water partition coefficient (Wildman–Crippen LogP) is 3.72. The standard InChI is InChI=1S/C28H28N3O4/c32-25-14-23-26-20-13-24-28(21-3-1-2-4-22(21)29(25)27(26)28)10-11-31(24,16-18(20)9-12-35-23)15-17-5-7-19(8-6-17)30(33)34/h1-9,20,23-24,26-27H,10-16H2/q+1/t20-,23-,24+,26-,27-,28+,31?/m0/s1. The predicted molar refractivity (Wildman–Crippen MR) is 129 cm³/mol. The van der Waals surface area contributed by atoms with Crippen LogP contribution in [-0.2, 0) is 21.5 Å². The first kappa shape index (κ1) is 20.2. The third-order valence-electron chi connectivity index (χ3n) is 10.4. The van der Waals surface area contributed by atoms with E-state index in [9.17, 15) is 14.9 Å². The molecule has 3 saturated heterocycles. The van der Waals surface area contributed by atoms with Gasteiger partial charge in [0.1, 0.15) is 19.1 Å². The molecule has 1 aliphatic carbocycles. The van der Waals surface area contributed by atoms with Crippen LogP contribution < -0.4 is 4.90 Å². The van der Waals surface area contributed by atoms with Crippen LogP contribution in [-0.4, -0.2) is 53.2 Å². The first-order chi connectivity index (χ1) is 17.0. The summed E-state index contributed by atoms with van der Waals surface area (Å²) in [5.41, 5.74) is 5.24. The number of para-hydroxylation sites is 1. The zero-order valence-electron chi connectivity index (χ0n) is 19.5. The molecule has 2 aromatic carbocycles. The van der Waals surface area contributed by atoms with Crippen molar-refractivity contribution >= 4 is 17.3 Å². The average Bonchev–Trinajstić information content (AvgIpc) is 3.29. The molecule has 1 amide bonds. The number of rotatable bonds is 3. The molecule has 0 aromatic heterocycles. The number of nitro benzene ring substituents is 1. The number of hydrogen-bond acceptors (Lipinski definition) is 4. The van der Waals surface area contributed by atoms with E-state index in [1.807, 2.05) is 12.1 Å². The highest BCUT2D eigenvalue weighted by Crippen LogP contribution is 2.67. The molecule has 8 rings (SSSR count). The van der Waals surface area contributed by atoms with Crippen LogP contribution in [0.4, 0.5) is 11.4 Å². The Balaban J connectivity index is 1.31. The second-order valence-corrected chi connectivity index (χ2v) is 11.5. The quantitative estimate of drug-likeness (QED) is 0.297. The third-order valence-corrected chi connectivity index (χ3v) is 10.4. The topological polar surface area (TPSA) is 72.7 Å². The molecule has 4 fully saturated rings. The molecule has 178 valence electrons. The lowest BCUT2D eigenvalue weighted by molar-refractivity contribution is -0.955. The van der Waals surface area contributed by atoms with E-state index in [-0.39, 0.29) is 34.1 Å². The average molecular weight is 471 g/mol. The highest BCUT2D eigenvalue weighted by molar-refractivity contribution is 5.99. The van der Waals surface area contributed by atoms with Crippen molar-refractivity contribution in [3.8, 4) is 0 Å². The van der Waals surface area contributed by atoms with Crippen molar-refractivity contribution in [2.24, 2.45) is 11.8 Å². The first-order valence-corrected chi connectivity index (χ1v) is 12.8. The number of non-ortho nitro benzene ring substituents is 1. The Morgan fingerprint density at radius 1 is 1.17 bits per heavy atom. The molecule has 1 spiro atoms. The molecule has 0 N–H and O–H groups in total. The van der Waals surface area contributed by atoms with Gasteiger partial charge in [-0.25, -0.2) is 0 Å². The fraction of sp³-hybridized carbons (Fsp3) is 0.464. The summed E-state index contributed by atoms with van der Waals surface area (Å²) in [6.07, 6.45) is 5.01. The van der Waals surface area contributed by atoms with Gasteiger partial charge in [0, 0.05) is 42.1 Å². The van der Waals surface area contributed by atoms with Crippen LogP contribution in [0.2, 0.25) is 0 Å². The number of nitro groups is 1. The van der Waals surface area contributed by atoms with Gasteiger partial charge in [-0.3, -0.25) is 14.9 Å². The largest absolute Gasteiger partial charge is 0.373 e. The normalized spacial score (nSPS) is 39.7. The van der Waals surface area contributed by atoms with Crippen molar-refractivity contribution in [2.45, 2.75) is 49.4 Å². The van der Waals surface area contributed by atoms with E-state index in [1.54, 1.807) is 12.1 Å². The lowest BCUT2D eigenvalue weighted by atomic mass is 9.53. The summed E-state index contributed by atoms with van der Waals surface area (Å²) in [5.74, 6) is 1.03. The summed E-state index contributed by atoms with van der Waals surface area (Å²) in [6.45, 7) is 3.54. The molecule has 5 aliphatic heterocycles. The second-order valence-electron chi connectivity index (χ2n) is 11.5. The van der Waals surface area contributed by atoms with Gasteiger partial charge in [0.2, 0.25) is 5.91 Å². The maximum absolute atomic E-state index is 13.6. The molecule has 2 bridgehead atoms. The number of fused-ring (bicyclic) bond motifs is 2.